The molecule has 1 unspecified atom stereocenters. The number of likely N-dealkylation sites (tertiary alicyclic amines) is 1. The van der Waals surface area contributed by atoms with Crippen molar-refractivity contribution >= 4 is 11.9 Å². The Morgan fingerprint density at radius 1 is 1.25 bits per heavy atom. The van der Waals surface area contributed by atoms with E-state index in [1.165, 1.54) is 12.8 Å². The van der Waals surface area contributed by atoms with Gasteiger partial charge in [0, 0.05) is 19.0 Å². The van der Waals surface area contributed by atoms with Crippen LogP contribution in [0.3, 0.4) is 0 Å². The molecule has 4 heteroatoms. The van der Waals surface area contributed by atoms with Crippen molar-refractivity contribution in [1.29, 1.82) is 0 Å². The van der Waals surface area contributed by atoms with E-state index in [9.17, 15) is 9.59 Å². The molecular weight excluding hydrogens is 206 g/mol. The second kappa shape index (κ2) is 6.51. The van der Waals surface area contributed by atoms with Crippen LogP contribution in [0.25, 0.3) is 0 Å². The quantitative estimate of drug-likeness (QED) is 0.799. The molecule has 1 aliphatic heterocycles. The van der Waals surface area contributed by atoms with Crippen molar-refractivity contribution in [2.45, 2.75) is 57.9 Å². The molecule has 1 atom stereocenters. The van der Waals surface area contributed by atoms with Gasteiger partial charge in [0.2, 0.25) is 5.91 Å². The van der Waals surface area contributed by atoms with Crippen LogP contribution in [0.2, 0.25) is 0 Å². The highest BCUT2D eigenvalue weighted by atomic mass is 16.4. The fourth-order valence-corrected chi connectivity index (χ4v) is 2.29. The number of nitrogens with zero attached hydrogens (tertiary/aromatic N) is 1. The highest BCUT2D eigenvalue weighted by Gasteiger charge is 2.23. The molecule has 0 aromatic heterocycles. The summed E-state index contributed by atoms with van der Waals surface area (Å²) in [5.41, 5.74) is 0. The number of carboxylic acids is 1. The van der Waals surface area contributed by atoms with Gasteiger partial charge in [-0.05, 0) is 19.3 Å². The number of aliphatic carboxylic acids is 1. The first-order valence-electron chi connectivity index (χ1n) is 6.16. The molecule has 1 N–H and O–H groups in total. The molecule has 1 amide bonds. The zero-order valence-electron chi connectivity index (χ0n) is 9.95. The predicted octanol–water partition coefficient (Wildman–Crippen LogP) is 2.03. The third kappa shape index (κ3) is 3.83. The summed E-state index contributed by atoms with van der Waals surface area (Å²) >= 11 is 0. The van der Waals surface area contributed by atoms with Crippen molar-refractivity contribution in [3.8, 4) is 0 Å². The average molecular weight is 227 g/mol. The fourth-order valence-electron chi connectivity index (χ4n) is 2.29. The first kappa shape index (κ1) is 13.0. The maximum absolute atomic E-state index is 11.9. The van der Waals surface area contributed by atoms with Crippen molar-refractivity contribution in [3.05, 3.63) is 0 Å². The Bertz CT molecular complexity index is 253. The summed E-state index contributed by atoms with van der Waals surface area (Å²) in [4.78, 5) is 24.2. The molecule has 0 bridgehead atoms. The molecule has 1 saturated heterocycles. The minimum atomic E-state index is -0.892. The van der Waals surface area contributed by atoms with E-state index in [1.54, 1.807) is 0 Å². The lowest BCUT2D eigenvalue weighted by Crippen LogP contribution is -2.39. The molecule has 1 rings (SSSR count). The van der Waals surface area contributed by atoms with E-state index in [-0.39, 0.29) is 18.7 Å². The highest BCUT2D eigenvalue weighted by Crippen LogP contribution is 2.20. The molecule has 4 nitrogen and oxygen atoms in total. The first-order chi connectivity index (χ1) is 7.65. The van der Waals surface area contributed by atoms with Gasteiger partial charge in [0.05, 0.1) is 6.42 Å². The number of rotatable bonds is 4. The summed E-state index contributed by atoms with van der Waals surface area (Å²) in [5.74, 6) is -0.882. The summed E-state index contributed by atoms with van der Waals surface area (Å²) in [6, 6.07) is 0.323. The first-order valence-corrected chi connectivity index (χ1v) is 6.16. The summed E-state index contributed by atoms with van der Waals surface area (Å²) in [6.07, 6.45) is 5.54. The topological polar surface area (TPSA) is 57.6 Å². The van der Waals surface area contributed by atoms with E-state index >= 15 is 0 Å². The average Bonchev–Trinajstić information content (AvgIpc) is 2.50. The van der Waals surface area contributed by atoms with E-state index in [4.69, 9.17) is 5.11 Å². The monoisotopic (exact) mass is 227 g/mol. The van der Waals surface area contributed by atoms with Crippen LogP contribution in [0.1, 0.15) is 51.9 Å². The molecule has 1 fully saturated rings. The van der Waals surface area contributed by atoms with Gasteiger partial charge >= 0.3 is 5.97 Å². The largest absolute Gasteiger partial charge is 0.481 e. The van der Waals surface area contributed by atoms with Crippen LogP contribution in [-0.4, -0.2) is 34.5 Å². The lowest BCUT2D eigenvalue weighted by atomic mass is 10.1. The van der Waals surface area contributed by atoms with Crippen LogP contribution in [-0.2, 0) is 9.59 Å². The number of amides is 1. The van der Waals surface area contributed by atoms with Crippen molar-refractivity contribution in [3.63, 3.8) is 0 Å². The second-order valence-corrected chi connectivity index (χ2v) is 4.39. The third-order valence-corrected chi connectivity index (χ3v) is 3.22. The zero-order chi connectivity index (χ0) is 12.0. The molecule has 0 aromatic carbocycles. The molecule has 1 aliphatic rings. The number of carbonyl (C=O) groups is 2. The smallest absolute Gasteiger partial charge is 0.303 e. The van der Waals surface area contributed by atoms with Crippen molar-refractivity contribution in [2.24, 2.45) is 0 Å². The Labute approximate surface area is 96.6 Å². The molecule has 92 valence electrons. The molecule has 0 saturated carbocycles. The van der Waals surface area contributed by atoms with E-state index in [2.05, 4.69) is 6.92 Å². The lowest BCUT2D eigenvalue weighted by molar-refractivity contribution is -0.141. The predicted molar refractivity (Wildman–Crippen MR) is 61.1 cm³/mol. The van der Waals surface area contributed by atoms with Gasteiger partial charge < -0.3 is 10.0 Å². The van der Waals surface area contributed by atoms with Crippen LogP contribution in [0, 0.1) is 0 Å². The Kier molecular flexibility index (Phi) is 5.29. The standard InChI is InChI=1S/C12H21NO3/c1-2-10-6-4-3-5-9-13(10)11(14)7-8-12(15)16/h10H,2-9H2,1H3,(H,15,16). The summed E-state index contributed by atoms with van der Waals surface area (Å²) in [6.45, 7) is 2.89. The Morgan fingerprint density at radius 2 is 2.00 bits per heavy atom. The minimum Gasteiger partial charge on any atom is -0.481 e. The molecule has 0 radical (unpaired) electrons. The normalized spacial score (nSPS) is 21.6. The van der Waals surface area contributed by atoms with Crippen LogP contribution in [0.15, 0.2) is 0 Å². The molecule has 0 aromatic rings. The van der Waals surface area contributed by atoms with Crippen LogP contribution >= 0.6 is 0 Å². The lowest BCUT2D eigenvalue weighted by Gasteiger charge is -2.29. The maximum atomic E-state index is 11.9. The van der Waals surface area contributed by atoms with E-state index in [0.29, 0.717) is 6.04 Å². The number of carbonyl (C=O) groups excluding carboxylic acids is 1. The van der Waals surface area contributed by atoms with Crippen LogP contribution in [0.5, 0.6) is 0 Å². The Balaban J connectivity index is 2.52. The SMILES string of the molecule is CCC1CCCCCN1C(=O)CCC(=O)O. The van der Waals surface area contributed by atoms with Crippen molar-refractivity contribution < 1.29 is 14.7 Å². The Morgan fingerprint density at radius 3 is 2.62 bits per heavy atom. The van der Waals surface area contributed by atoms with Crippen molar-refractivity contribution in [1.82, 2.24) is 4.90 Å². The van der Waals surface area contributed by atoms with Gasteiger partial charge in [0.15, 0.2) is 0 Å². The summed E-state index contributed by atoms with van der Waals surface area (Å²) < 4.78 is 0. The van der Waals surface area contributed by atoms with Crippen LogP contribution < -0.4 is 0 Å². The van der Waals surface area contributed by atoms with Gasteiger partial charge in [-0.3, -0.25) is 9.59 Å². The van der Waals surface area contributed by atoms with E-state index in [1.807, 2.05) is 4.90 Å². The van der Waals surface area contributed by atoms with Crippen molar-refractivity contribution in [2.75, 3.05) is 6.54 Å². The van der Waals surface area contributed by atoms with Gasteiger partial charge in [0.25, 0.3) is 0 Å². The zero-order valence-corrected chi connectivity index (χ0v) is 9.95. The summed E-state index contributed by atoms with van der Waals surface area (Å²) in [7, 11) is 0. The van der Waals surface area contributed by atoms with Gasteiger partial charge in [-0.25, -0.2) is 0 Å². The molecule has 1 heterocycles. The van der Waals surface area contributed by atoms with Gasteiger partial charge in [0.1, 0.15) is 0 Å². The number of hydrogen-bond donors (Lipinski definition) is 1. The van der Waals surface area contributed by atoms with Gasteiger partial charge in [-0.2, -0.15) is 0 Å². The number of carboxylic acid groups (broad SMARTS) is 1. The highest BCUT2D eigenvalue weighted by molar-refractivity contribution is 5.81. The maximum Gasteiger partial charge on any atom is 0.303 e. The van der Waals surface area contributed by atoms with Gasteiger partial charge in [-0.1, -0.05) is 19.8 Å². The molecular formula is C12H21NO3. The van der Waals surface area contributed by atoms with Crippen LogP contribution in [0.4, 0.5) is 0 Å². The van der Waals surface area contributed by atoms with E-state index < -0.39 is 5.97 Å². The van der Waals surface area contributed by atoms with E-state index in [0.717, 1.165) is 25.8 Å². The van der Waals surface area contributed by atoms with Gasteiger partial charge in [-0.15, -0.1) is 0 Å². The second-order valence-electron chi connectivity index (χ2n) is 4.39. The molecule has 16 heavy (non-hydrogen) atoms. The summed E-state index contributed by atoms with van der Waals surface area (Å²) in [5, 5.41) is 8.57. The molecule has 0 spiro atoms. The molecule has 0 aliphatic carbocycles. The minimum absolute atomic E-state index is 0.0103. The third-order valence-electron chi connectivity index (χ3n) is 3.22. The Hall–Kier alpha value is -1.06. The fraction of sp³-hybridized carbons (Fsp3) is 0.833. The number of hydrogen-bond acceptors (Lipinski definition) is 2.